The maximum atomic E-state index is 10.8. The van der Waals surface area contributed by atoms with Crippen molar-refractivity contribution in [1.29, 1.82) is 0 Å². The van der Waals surface area contributed by atoms with Gasteiger partial charge >= 0.3 is 0 Å². The fraction of sp³-hybridized carbons (Fsp3) is 0.200. The summed E-state index contributed by atoms with van der Waals surface area (Å²) in [4.78, 5) is 21.5. The third kappa shape index (κ3) is 5.35. The monoisotopic (exact) mass is 164 g/mol. The van der Waals surface area contributed by atoms with E-state index < -0.39 is 0 Å². The number of carbonyl (C=O) groups is 2. The van der Waals surface area contributed by atoms with Crippen LogP contribution in [0.1, 0.15) is 12.8 Å². The first-order valence-corrected chi connectivity index (χ1v) is 3.66. The van der Waals surface area contributed by atoms with E-state index in [1.165, 1.54) is 24.3 Å². The molecule has 0 aromatic heterocycles. The molecule has 0 amide bonds. The Kier molecular flexibility index (Phi) is 5.53. The van der Waals surface area contributed by atoms with Crippen molar-refractivity contribution in [2.24, 2.45) is 0 Å². The lowest BCUT2D eigenvalue weighted by Gasteiger charge is -1.86. The highest BCUT2D eigenvalue weighted by Crippen LogP contribution is 1.90. The number of rotatable bonds is 6. The summed E-state index contributed by atoms with van der Waals surface area (Å²) in [5, 5.41) is 0. The van der Waals surface area contributed by atoms with E-state index in [0.717, 1.165) is 0 Å². The molecule has 0 rings (SSSR count). The summed E-state index contributed by atoms with van der Waals surface area (Å²) >= 11 is 0. The minimum Gasteiger partial charge on any atom is -0.295 e. The lowest BCUT2D eigenvalue weighted by molar-refractivity contribution is -0.114. The topological polar surface area (TPSA) is 34.1 Å². The van der Waals surface area contributed by atoms with E-state index >= 15 is 0 Å². The Morgan fingerprint density at radius 2 is 1.75 bits per heavy atom. The number of carbonyl (C=O) groups excluding carboxylic acids is 2. The van der Waals surface area contributed by atoms with Crippen LogP contribution in [0, 0.1) is 0 Å². The molecule has 0 fully saturated rings. The van der Waals surface area contributed by atoms with E-state index in [1.807, 2.05) is 0 Å². The highest BCUT2D eigenvalue weighted by Gasteiger charge is 1.92. The van der Waals surface area contributed by atoms with Crippen LogP contribution in [0.4, 0.5) is 0 Å². The summed E-state index contributed by atoms with van der Waals surface area (Å²) in [5.74, 6) is -0.125. The molecule has 0 bridgehead atoms. The first-order valence-electron chi connectivity index (χ1n) is 3.66. The molecule has 0 spiro atoms. The molecule has 64 valence electrons. The zero-order chi connectivity index (χ0) is 9.40. The molecule has 12 heavy (non-hydrogen) atoms. The van der Waals surface area contributed by atoms with Crippen LogP contribution in [0.15, 0.2) is 37.5 Å². The molecule has 0 aliphatic heterocycles. The molecule has 0 radical (unpaired) electrons. The summed E-state index contributed by atoms with van der Waals surface area (Å²) in [7, 11) is 0. The zero-order valence-electron chi connectivity index (χ0n) is 6.95. The molecule has 0 aromatic carbocycles. The van der Waals surface area contributed by atoms with Crippen molar-refractivity contribution in [1.82, 2.24) is 0 Å². The molecule has 0 aromatic rings. The Morgan fingerprint density at radius 1 is 1.08 bits per heavy atom. The Bertz CT molecular complexity index is 224. The molecule has 0 saturated carbocycles. The van der Waals surface area contributed by atoms with Gasteiger partial charge in [0.15, 0.2) is 11.6 Å². The smallest absolute Gasteiger partial charge is 0.159 e. The van der Waals surface area contributed by atoms with E-state index in [9.17, 15) is 9.59 Å². The van der Waals surface area contributed by atoms with Crippen LogP contribution in [-0.4, -0.2) is 11.6 Å². The van der Waals surface area contributed by atoms with E-state index in [-0.39, 0.29) is 18.0 Å². The largest absolute Gasteiger partial charge is 0.295 e. The summed E-state index contributed by atoms with van der Waals surface area (Å²) in [5.41, 5.74) is 0. The summed E-state index contributed by atoms with van der Waals surface area (Å²) < 4.78 is 0. The van der Waals surface area contributed by atoms with Gasteiger partial charge in [0.05, 0.1) is 0 Å². The minimum atomic E-state index is -0.0855. The number of hydrogen-bond acceptors (Lipinski definition) is 2. The molecule has 2 nitrogen and oxygen atoms in total. The Balaban J connectivity index is 3.75. The van der Waals surface area contributed by atoms with Crippen LogP contribution in [-0.2, 0) is 9.59 Å². The van der Waals surface area contributed by atoms with Gasteiger partial charge in [-0.3, -0.25) is 9.59 Å². The molecule has 0 aliphatic carbocycles. The van der Waals surface area contributed by atoms with Gasteiger partial charge in [-0.05, 0) is 12.2 Å². The van der Waals surface area contributed by atoms with Gasteiger partial charge in [0.2, 0.25) is 0 Å². The number of allylic oxidation sites excluding steroid dienone is 4. The average molecular weight is 164 g/mol. The summed E-state index contributed by atoms with van der Waals surface area (Å²) in [6.07, 6.45) is 6.26. The first-order chi connectivity index (χ1) is 5.70. The zero-order valence-corrected chi connectivity index (χ0v) is 6.95. The fourth-order valence-corrected chi connectivity index (χ4v) is 0.600. The van der Waals surface area contributed by atoms with Crippen molar-refractivity contribution in [2.45, 2.75) is 12.8 Å². The predicted molar refractivity (Wildman–Crippen MR) is 48.8 cm³/mol. The first kappa shape index (κ1) is 10.6. The predicted octanol–water partition coefficient (Wildman–Crippen LogP) is 1.83. The average Bonchev–Trinajstić information content (AvgIpc) is 2.04. The van der Waals surface area contributed by atoms with Crippen molar-refractivity contribution in [3.05, 3.63) is 37.5 Å². The van der Waals surface area contributed by atoms with Gasteiger partial charge in [0.25, 0.3) is 0 Å². The molecular weight excluding hydrogens is 152 g/mol. The third-order valence-corrected chi connectivity index (χ3v) is 1.20. The van der Waals surface area contributed by atoms with Gasteiger partial charge in [0, 0.05) is 12.8 Å². The van der Waals surface area contributed by atoms with Gasteiger partial charge < -0.3 is 0 Å². The number of hydrogen-bond donors (Lipinski definition) is 0. The second-order valence-corrected chi connectivity index (χ2v) is 2.24. The van der Waals surface area contributed by atoms with Gasteiger partial charge in [0.1, 0.15) is 0 Å². The van der Waals surface area contributed by atoms with Crippen molar-refractivity contribution in [3.8, 4) is 0 Å². The highest BCUT2D eigenvalue weighted by atomic mass is 16.1. The van der Waals surface area contributed by atoms with Gasteiger partial charge in [-0.1, -0.05) is 18.7 Å². The van der Waals surface area contributed by atoms with Crippen LogP contribution in [0.25, 0.3) is 0 Å². The molecule has 0 atom stereocenters. The van der Waals surface area contributed by atoms with Crippen LogP contribution < -0.4 is 0 Å². The van der Waals surface area contributed by atoms with Crippen molar-refractivity contribution in [3.63, 3.8) is 0 Å². The summed E-state index contributed by atoms with van der Waals surface area (Å²) in [6.45, 7) is 6.73. The molecule has 0 N–H and O–H groups in total. The summed E-state index contributed by atoms with van der Waals surface area (Å²) in [6, 6.07) is 0. The lowest BCUT2D eigenvalue weighted by Crippen LogP contribution is -1.91. The quantitative estimate of drug-likeness (QED) is 0.443. The SMILES string of the molecule is C=CCC(=O)C=CCC(=O)C=C. The Hall–Kier alpha value is -1.44. The highest BCUT2D eigenvalue weighted by molar-refractivity contribution is 5.93. The maximum Gasteiger partial charge on any atom is 0.159 e. The molecule has 0 unspecified atom stereocenters. The van der Waals surface area contributed by atoms with Crippen LogP contribution in [0.2, 0.25) is 0 Å². The molecule has 2 heteroatoms. The second kappa shape index (κ2) is 6.28. The van der Waals surface area contributed by atoms with Crippen molar-refractivity contribution >= 4 is 11.6 Å². The normalized spacial score (nSPS) is 9.67. The van der Waals surface area contributed by atoms with Crippen LogP contribution in [0.3, 0.4) is 0 Å². The maximum absolute atomic E-state index is 10.8. The third-order valence-electron chi connectivity index (χ3n) is 1.20. The molecular formula is C10H12O2. The van der Waals surface area contributed by atoms with E-state index in [0.29, 0.717) is 6.42 Å². The second-order valence-electron chi connectivity index (χ2n) is 2.24. The fourth-order valence-electron chi connectivity index (χ4n) is 0.600. The molecule has 0 aliphatic rings. The van der Waals surface area contributed by atoms with Crippen molar-refractivity contribution < 1.29 is 9.59 Å². The van der Waals surface area contributed by atoms with Gasteiger partial charge in [-0.2, -0.15) is 0 Å². The van der Waals surface area contributed by atoms with Crippen molar-refractivity contribution in [2.75, 3.05) is 0 Å². The Labute approximate surface area is 72.3 Å². The standard InChI is InChI=1S/C10H12O2/c1-3-6-10(12)8-5-7-9(11)4-2/h3-5,8H,1-2,6-7H2. The lowest BCUT2D eigenvalue weighted by atomic mass is 10.2. The Morgan fingerprint density at radius 3 is 2.25 bits per heavy atom. The van der Waals surface area contributed by atoms with Crippen LogP contribution in [0.5, 0.6) is 0 Å². The van der Waals surface area contributed by atoms with Gasteiger partial charge in [-0.25, -0.2) is 0 Å². The minimum absolute atomic E-state index is 0.0399. The van der Waals surface area contributed by atoms with E-state index in [4.69, 9.17) is 0 Å². The van der Waals surface area contributed by atoms with E-state index in [1.54, 1.807) is 0 Å². The molecule has 0 saturated heterocycles. The molecule has 0 heterocycles. The van der Waals surface area contributed by atoms with Gasteiger partial charge in [-0.15, -0.1) is 6.58 Å². The number of ketones is 2. The van der Waals surface area contributed by atoms with E-state index in [2.05, 4.69) is 13.2 Å². The van der Waals surface area contributed by atoms with Crippen LogP contribution >= 0.6 is 0 Å².